The van der Waals surface area contributed by atoms with E-state index in [1.54, 1.807) is 17.8 Å². The first-order chi connectivity index (χ1) is 15.5. The maximum atomic E-state index is 6.59. The average Bonchev–Trinajstić information content (AvgIpc) is 3.40. The van der Waals surface area contributed by atoms with Crippen molar-refractivity contribution in [3.8, 4) is 17.1 Å². The minimum absolute atomic E-state index is 0.0229. The monoisotopic (exact) mass is 504 g/mol. The molecular weight excluding hydrogens is 483 g/mol. The molecule has 8 heteroatoms. The van der Waals surface area contributed by atoms with Gasteiger partial charge >= 0.3 is 0 Å². The molecule has 32 heavy (non-hydrogen) atoms. The summed E-state index contributed by atoms with van der Waals surface area (Å²) in [6.07, 6.45) is 6.37. The molecule has 1 aromatic heterocycles. The predicted octanol–water partition coefficient (Wildman–Crippen LogP) is 8.04. The molecule has 0 bridgehead atoms. The van der Waals surface area contributed by atoms with Gasteiger partial charge < -0.3 is 0 Å². The number of thioether (sulfide) groups is 1. The zero-order valence-electron chi connectivity index (χ0n) is 17.6. The molecule has 5 rings (SSSR count). The van der Waals surface area contributed by atoms with E-state index in [1.807, 2.05) is 36.4 Å². The number of imidazole rings is 1. The third-order valence-corrected chi connectivity index (χ3v) is 8.16. The number of nitrogens with one attached hydrogen (secondary N) is 1. The van der Waals surface area contributed by atoms with Crippen molar-refractivity contribution in [2.45, 2.75) is 44.4 Å². The van der Waals surface area contributed by atoms with Crippen molar-refractivity contribution in [1.29, 1.82) is 0 Å². The highest BCUT2D eigenvalue weighted by Gasteiger charge is 2.32. The van der Waals surface area contributed by atoms with Crippen LogP contribution in [0.4, 0.5) is 0 Å². The van der Waals surface area contributed by atoms with E-state index >= 15 is 0 Å². The first kappa shape index (κ1) is 22.1. The number of aromatic nitrogens is 2. The molecule has 1 fully saturated rings. The molecule has 0 spiro atoms. The van der Waals surface area contributed by atoms with Gasteiger partial charge in [-0.1, -0.05) is 65.8 Å². The van der Waals surface area contributed by atoms with Crippen molar-refractivity contribution in [1.82, 2.24) is 15.0 Å². The Hall–Kier alpha value is -1.66. The highest BCUT2D eigenvalue weighted by molar-refractivity contribution is 8.14. The van der Waals surface area contributed by atoms with Gasteiger partial charge in [0, 0.05) is 32.9 Å². The quantitative estimate of drug-likeness (QED) is 0.390. The van der Waals surface area contributed by atoms with E-state index in [2.05, 4.69) is 16.9 Å². The summed E-state index contributed by atoms with van der Waals surface area (Å²) in [4.78, 5) is 5.08. The van der Waals surface area contributed by atoms with Gasteiger partial charge in [-0.25, -0.2) is 4.98 Å². The standard InChI is InChI=1S/C24H23Cl3N4S/c1-14-21(24-30-29-23(32-24)15-5-3-2-4-6-15)28-22(19-12-9-17(26)13-20(19)27)31(14)18-10-7-16(25)8-11-18/h7-13,15,24,30H,2-6H2,1H3. The molecule has 4 nitrogen and oxygen atoms in total. The predicted molar refractivity (Wildman–Crippen MR) is 136 cm³/mol. The van der Waals surface area contributed by atoms with Crippen LogP contribution in [0.5, 0.6) is 0 Å². The highest BCUT2D eigenvalue weighted by Crippen LogP contribution is 2.42. The summed E-state index contributed by atoms with van der Waals surface area (Å²) in [6, 6.07) is 13.3. The summed E-state index contributed by atoms with van der Waals surface area (Å²) in [5.41, 5.74) is 7.14. The highest BCUT2D eigenvalue weighted by atomic mass is 35.5. The number of rotatable bonds is 4. The van der Waals surface area contributed by atoms with Gasteiger partial charge in [-0.2, -0.15) is 5.10 Å². The summed E-state index contributed by atoms with van der Waals surface area (Å²) in [5.74, 6) is 1.34. The fourth-order valence-corrected chi connectivity index (χ4v) is 6.31. The molecule has 1 saturated carbocycles. The normalized spacial score (nSPS) is 19.1. The number of hydrogen-bond donors (Lipinski definition) is 1. The van der Waals surface area contributed by atoms with E-state index in [0.29, 0.717) is 21.0 Å². The number of hydrazone groups is 1. The average molecular weight is 506 g/mol. The summed E-state index contributed by atoms with van der Waals surface area (Å²) in [6.45, 7) is 2.09. The zero-order valence-corrected chi connectivity index (χ0v) is 20.7. The van der Waals surface area contributed by atoms with Crippen LogP contribution in [0.15, 0.2) is 47.6 Å². The van der Waals surface area contributed by atoms with Crippen LogP contribution >= 0.6 is 46.6 Å². The van der Waals surface area contributed by atoms with Crippen molar-refractivity contribution in [3.63, 3.8) is 0 Å². The lowest BCUT2D eigenvalue weighted by atomic mass is 9.90. The Kier molecular flexibility index (Phi) is 6.44. The largest absolute Gasteiger partial charge is 0.297 e. The van der Waals surface area contributed by atoms with Crippen LogP contribution in [0.1, 0.15) is 48.9 Å². The summed E-state index contributed by atoms with van der Waals surface area (Å²) in [7, 11) is 0. The van der Waals surface area contributed by atoms with Gasteiger partial charge in [0.2, 0.25) is 0 Å². The van der Waals surface area contributed by atoms with Gasteiger partial charge in [-0.3, -0.25) is 9.99 Å². The third-order valence-electron chi connectivity index (χ3n) is 6.13. The second-order valence-electron chi connectivity index (χ2n) is 8.25. The second-order valence-corrected chi connectivity index (χ2v) is 10.7. The molecule has 1 aliphatic carbocycles. The minimum Gasteiger partial charge on any atom is -0.297 e. The van der Waals surface area contributed by atoms with E-state index in [1.165, 1.54) is 37.1 Å². The van der Waals surface area contributed by atoms with Crippen LogP contribution in [-0.2, 0) is 0 Å². The molecule has 1 aliphatic heterocycles. The Morgan fingerprint density at radius 2 is 1.69 bits per heavy atom. The fourth-order valence-electron chi connectivity index (χ4n) is 4.47. The fraction of sp³-hybridized carbons (Fsp3) is 0.333. The summed E-state index contributed by atoms with van der Waals surface area (Å²) in [5, 5.41) is 7.74. The van der Waals surface area contributed by atoms with Gasteiger partial charge in [0.05, 0.1) is 15.8 Å². The lowest BCUT2D eigenvalue weighted by molar-refractivity contribution is 0.442. The van der Waals surface area contributed by atoms with E-state index in [-0.39, 0.29) is 5.37 Å². The lowest BCUT2D eigenvalue weighted by Gasteiger charge is -2.20. The van der Waals surface area contributed by atoms with Gasteiger partial charge in [-0.15, -0.1) is 0 Å². The molecule has 166 valence electrons. The molecule has 1 atom stereocenters. The van der Waals surface area contributed by atoms with Crippen molar-refractivity contribution in [2.24, 2.45) is 11.0 Å². The lowest BCUT2D eigenvalue weighted by Crippen LogP contribution is -2.13. The van der Waals surface area contributed by atoms with E-state index in [4.69, 9.17) is 44.9 Å². The van der Waals surface area contributed by atoms with Crippen molar-refractivity contribution in [2.75, 3.05) is 0 Å². The number of hydrogen-bond acceptors (Lipinski definition) is 4. The summed E-state index contributed by atoms with van der Waals surface area (Å²) < 4.78 is 2.13. The van der Waals surface area contributed by atoms with E-state index < -0.39 is 0 Å². The molecule has 2 heterocycles. The molecule has 1 unspecified atom stereocenters. The maximum absolute atomic E-state index is 6.59. The second kappa shape index (κ2) is 9.30. The summed E-state index contributed by atoms with van der Waals surface area (Å²) >= 11 is 20.7. The maximum Gasteiger partial charge on any atom is 0.146 e. The Morgan fingerprint density at radius 3 is 2.41 bits per heavy atom. The Balaban J connectivity index is 1.55. The van der Waals surface area contributed by atoms with Crippen LogP contribution in [-0.4, -0.2) is 14.6 Å². The molecule has 0 radical (unpaired) electrons. The Morgan fingerprint density at radius 1 is 0.969 bits per heavy atom. The van der Waals surface area contributed by atoms with E-state index in [9.17, 15) is 0 Å². The molecule has 2 aromatic carbocycles. The number of benzene rings is 2. The number of halogens is 3. The van der Waals surface area contributed by atoms with Gasteiger partial charge in [0.15, 0.2) is 0 Å². The van der Waals surface area contributed by atoms with Gasteiger partial charge in [-0.05, 0) is 62.2 Å². The molecule has 0 amide bonds. The minimum atomic E-state index is -0.0229. The van der Waals surface area contributed by atoms with Crippen LogP contribution in [0, 0.1) is 12.8 Å². The number of nitrogens with zero attached hydrogens (tertiary/aromatic N) is 3. The van der Waals surface area contributed by atoms with Crippen molar-refractivity contribution in [3.05, 3.63) is 68.9 Å². The van der Waals surface area contributed by atoms with E-state index in [0.717, 1.165) is 28.5 Å². The molecular formula is C24H23Cl3N4S. The third kappa shape index (κ3) is 4.28. The molecule has 1 N–H and O–H groups in total. The Bertz CT molecular complexity index is 1170. The van der Waals surface area contributed by atoms with Crippen LogP contribution in [0.2, 0.25) is 15.1 Å². The van der Waals surface area contributed by atoms with Crippen molar-refractivity contribution < 1.29 is 0 Å². The van der Waals surface area contributed by atoms with Crippen LogP contribution in [0.25, 0.3) is 17.1 Å². The van der Waals surface area contributed by atoms with Crippen molar-refractivity contribution >= 4 is 51.6 Å². The first-order valence-electron chi connectivity index (χ1n) is 10.8. The first-order valence-corrected chi connectivity index (χ1v) is 12.8. The smallest absolute Gasteiger partial charge is 0.146 e. The van der Waals surface area contributed by atoms with Crippen LogP contribution < -0.4 is 5.43 Å². The van der Waals surface area contributed by atoms with Gasteiger partial charge in [0.1, 0.15) is 11.2 Å². The van der Waals surface area contributed by atoms with Gasteiger partial charge in [0.25, 0.3) is 0 Å². The Labute approximate surface area is 207 Å². The molecule has 2 aliphatic rings. The van der Waals surface area contributed by atoms with Crippen LogP contribution in [0.3, 0.4) is 0 Å². The zero-order chi connectivity index (χ0) is 22.2. The topological polar surface area (TPSA) is 42.2 Å². The molecule has 0 saturated heterocycles. The SMILES string of the molecule is Cc1c(C2NN=C(C3CCCCC3)S2)nc(-c2ccc(Cl)cc2Cl)n1-c1ccc(Cl)cc1. The molecule has 3 aromatic rings.